The van der Waals surface area contributed by atoms with E-state index in [2.05, 4.69) is 0 Å². The van der Waals surface area contributed by atoms with Crippen LogP contribution in [0.4, 0.5) is 17.1 Å². The maximum absolute atomic E-state index is 13.1. The molecule has 3 aromatic rings. The topological polar surface area (TPSA) is 99.5 Å². The molecule has 5 rings (SSSR count). The van der Waals surface area contributed by atoms with Gasteiger partial charge in [0, 0.05) is 54.7 Å². The molecule has 0 saturated heterocycles. The first kappa shape index (κ1) is 24.7. The van der Waals surface area contributed by atoms with Gasteiger partial charge in [0.25, 0.3) is 0 Å². The van der Waals surface area contributed by atoms with E-state index in [1.807, 2.05) is 66.7 Å². The molecule has 3 aromatic carbocycles. The summed E-state index contributed by atoms with van der Waals surface area (Å²) in [6, 6.07) is 24.8. The second-order valence-electron chi connectivity index (χ2n) is 10.2. The summed E-state index contributed by atoms with van der Waals surface area (Å²) in [4.78, 5) is 5.83. The molecule has 2 saturated carbocycles. The first-order valence-electron chi connectivity index (χ1n) is 12.6. The molecule has 190 valence electrons. The van der Waals surface area contributed by atoms with E-state index in [0.717, 1.165) is 42.1 Å². The molecule has 8 nitrogen and oxygen atoms in total. The van der Waals surface area contributed by atoms with Gasteiger partial charge in [0.1, 0.15) is 11.8 Å². The van der Waals surface area contributed by atoms with Crippen LogP contribution in [0.3, 0.4) is 0 Å². The molecule has 0 aliphatic heterocycles. The number of hydroxylamine groups is 4. The van der Waals surface area contributed by atoms with Crippen molar-refractivity contribution >= 4 is 17.1 Å². The molecule has 7 unspecified atom stereocenters. The SMILES string of the molecule is COc1ccc([N+](N)(c2ccccc2)c2ccc(O[NH+]([O-])C3CC4CC(C[NH+](C)[O-])C3C4)cc2)cc1. The van der Waals surface area contributed by atoms with Crippen LogP contribution in [0, 0.1) is 28.2 Å². The summed E-state index contributed by atoms with van der Waals surface area (Å²) < 4.78 is 5.28. The summed E-state index contributed by atoms with van der Waals surface area (Å²) in [5, 5.41) is 24.8. The highest BCUT2D eigenvalue weighted by Gasteiger charge is 2.51. The van der Waals surface area contributed by atoms with Gasteiger partial charge in [0.15, 0.2) is 22.8 Å². The van der Waals surface area contributed by atoms with Gasteiger partial charge in [-0.15, -0.1) is 0 Å². The number of quaternary nitrogens is 3. The number of nitrogens with one attached hydrogen (secondary N) is 2. The Kier molecular flexibility index (Phi) is 6.98. The lowest BCUT2D eigenvalue weighted by molar-refractivity contribution is -1.04. The Morgan fingerprint density at radius 3 is 1.97 bits per heavy atom. The molecule has 36 heavy (non-hydrogen) atoms. The molecule has 0 aromatic heterocycles. The summed E-state index contributed by atoms with van der Waals surface area (Å²) in [7, 11) is 3.27. The molecular formula is C28H35N4O4+. The smallest absolute Gasteiger partial charge is 0.191 e. The highest BCUT2D eigenvalue weighted by molar-refractivity contribution is 5.70. The van der Waals surface area contributed by atoms with Crippen LogP contribution in [0.2, 0.25) is 0 Å². The third-order valence-corrected chi connectivity index (χ3v) is 7.91. The average molecular weight is 492 g/mol. The minimum absolute atomic E-state index is 0.0435. The minimum atomic E-state index is -0.185. The molecule has 0 heterocycles. The van der Waals surface area contributed by atoms with Gasteiger partial charge >= 0.3 is 0 Å². The fourth-order valence-corrected chi connectivity index (χ4v) is 6.24. The molecule has 8 heteroatoms. The van der Waals surface area contributed by atoms with Crippen LogP contribution in [-0.2, 0) is 0 Å². The number of nitrogens with two attached hydrogens (primary N) is 1. The van der Waals surface area contributed by atoms with Crippen LogP contribution in [-0.4, -0.2) is 26.7 Å². The summed E-state index contributed by atoms with van der Waals surface area (Å²) in [5.74, 6) is 9.42. The third kappa shape index (κ3) is 4.71. The Hall–Kier alpha value is -2.98. The maximum atomic E-state index is 13.1. The van der Waals surface area contributed by atoms with Crippen molar-refractivity contribution in [3.8, 4) is 11.5 Å². The predicted molar refractivity (Wildman–Crippen MR) is 139 cm³/mol. The highest BCUT2D eigenvalue weighted by Crippen LogP contribution is 2.47. The van der Waals surface area contributed by atoms with E-state index in [4.69, 9.17) is 15.4 Å². The number of hydrogen-bond acceptors (Lipinski definition) is 5. The summed E-state index contributed by atoms with van der Waals surface area (Å²) >= 11 is 0. The van der Waals surface area contributed by atoms with E-state index >= 15 is 0 Å². The second-order valence-corrected chi connectivity index (χ2v) is 10.2. The van der Waals surface area contributed by atoms with Gasteiger partial charge in [-0.3, -0.25) is 0 Å². The lowest BCUT2D eigenvalue weighted by Crippen LogP contribution is -3.14. The van der Waals surface area contributed by atoms with Crippen LogP contribution >= 0.6 is 0 Å². The minimum Gasteiger partial charge on any atom is -0.634 e. The fourth-order valence-electron chi connectivity index (χ4n) is 6.24. The van der Waals surface area contributed by atoms with Crippen molar-refractivity contribution in [1.82, 2.24) is 4.59 Å². The molecule has 0 amide bonds. The van der Waals surface area contributed by atoms with Crippen molar-refractivity contribution < 1.29 is 19.9 Å². The van der Waals surface area contributed by atoms with Crippen LogP contribution < -0.4 is 30.3 Å². The van der Waals surface area contributed by atoms with Gasteiger partial charge < -0.3 is 25.1 Å². The predicted octanol–water partition coefficient (Wildman–Crippen LogP) is 2.64. The molecule has 2 aliphatic rings. The van der Waals surface area contributed by atoms with Gasteiger partial charge in [-0.05, 0) is 43.0 Å². The number of para-hydroxylation sites is 1. The van der Waals surface area contributed by atoms with Crippen LogP contribution in [0.5, 0.6) is 11.5 Å². The first-order valence-corrected chi connectivity index (χ1v) is 12.6. The Bertz CT molecular complexity index is 1140. The molecule has 2 aliphatic carbocycles. The van der Waals surface area contributed by atoms with Crippen LogP contribution in [0.1, 0.15) is 19.3 Å². The van der Waals surface area contributed by atoms with Gasteiger partial charge in [-0.25, -0.2) is 0 Å². The van der Waals surface area contributed by atoms with Gasteiger partial charge in [0.2, 0.25) is 0 Å². The number of rotatable bonds is 9. The highest BCUT2D eigenvalue weighted by atomic mass is 16.9. The monoisotopic (exact) mass is 491 g/mol. The Morgan fingerprint density at radius 2 is 1.42 bits per heavy atom. The molecule has 2 fully saturated rings. The number of hydrogen-bond donors (Lipinski definition) is 3. The molecule has 0 radical (unpaired) electrons. The summed E-state index contributed by atoms with van der Waals surface area (Å²) in [6.45, 7) is 0.570. The first-order chi connectivity index (χ1) is 17.4. The van der Waals surface area contributed by atoms with Crippen LogP contribution in [0.15, 0.2) is 78.9 Å². The molecule has 4 N–H and O–H groups in total. The largest absolute Gasteiger partial charge is 0.634 e. The second kappa shape index (κ2) is 10.2. The average Bonchev–Trinajstić information content (AvgIpc) is 3.50. The third-order valence-electron chi connectivity index (χ3n) is 7.91. The molecular weight excluding hydrogens is 456 g/mol. The van der Waals surface area contributed by atoms with E-state index in [-0.39, 0.29) is 26.8 Å². The van der Waals surface area contributed by atoms with E-state index in [1.165, 1.54) is 0 Å². The van der Waals surface area contributed by atoms with Crippen LogP contribution in [0.25, 0.3) is 0 Å². The van der Waals surface area contributed by atoms with Crippen molar-refractivity contribution in [1.29, 1.82) is 0 Å². The normalized spacial score (nSPS) is 26.2. The summed E-state index contributed by atoms with van der Waals surface area (Å²) in [5.41, 5.74) is 2.59. The lowest BCUT2D eigenvalue weighted by atomic mass is 9.85. The van der Waals surface area contributed by atoms with Gasteiger partial charge in [-0.2, -0.15) is 15.7 Å². The zero-order chi connectivity index (χ0) is 25.3. The Morgan fingerprint density at radius 1 is 0.833 bits per heavy atom. The molecule has 7 atom stereocenters. The number of nitrogens with zero attached hydrogens (tertiary/aromatic N) is 1. The lowest BCUT2D eigenvalue weighted by Gasteiger charge is -2.36. The van der Waals surface area contributed by atoms with Gasteiger partial charge in [-0.1, -0.05) is 18.2 Å². The number of fused-ring (bicyclic) bond motifs is 2. The number of methoxy groups -OCH3 is 1. The molecule has 0 spiro atoms. The standard InChI is InChI=1S/C28H35N4O4/c1-30(33)19-21-16-20-17-27(21)28(18-20)31(34)36-26-14-10-24(11-15-26)32(29,22-6-4-3-5-7-22)23-8-12-25(35-2)13-9-23/h3-15,20-21,27-28,30-31H,16-19,29H2,1-2H3/q+1. The zero-order valence-corrected chi connectivity index (χ0v) is 20.8. The van der Waals surface area contributed by atoms with Crippen molar-refractivity contribution in [3.05, 3.63) is 89.3 Å². The maximum Gasteiger partial charge on any atom is 0.191 e. The molecule has 2 bridgehead atoms. The quantitative estimate of drug-likeness (QED) is 0.243. The number of ether oxygens (including phenoxy) is 1. The Balaban J connectivity index is 1.36. The Labute approximate surface area is 212 Å². The van der Waals surface area contributed by atoms with E-state index < -0.39 is 0 Å². The van der Waals surface area contributed by atoms with Crippen molar-refractivity contribution in [2.24, 2.45) is 23.6 Å². The van der Waals surface area contributed by atoms with E-state index in [9.17, 15) is 10.4 Å². The van der Waals surface area contributed by atoms with E-state index in [1.54, 1.807) is 26.3 Å². The zero-order valence-electron chi connectivity index (χ0n) is 20.8. The van der Waals surface area contributed by atoms with Gasteiger partial charge in [0.05, 0.1) is 20.7 Å². The summed E-state index contributed by atoms with van der Waals surface area (Å²) in [6.07, 6.45) is 2.96. The number of benzene rings is 3. The van der Waals surface area contributed by atoms with Crippen molar-refractivity contribution in [2.45, 2.75) is 25.3 Å². The van der Waals surface area contributed by atoms with Crippen molar-refractivity contribution in [2.75, 3.05) is 20.7 Å². The van der Waals surface area contributed by atoms with E-state index in [0.29, 0.717) is 24.1 Å². The van der Waals surface area contributed by atoms with Crippen molar-refractivity contribution in [3.63, 3.8) is 0 Å². The fraction of sp³-hybridized carbons (Fsp3) is 0.357.